The molecular formula is C15H23N3. The molecule has 0 aliphatic carbocycles. The molecule has 3 heteroatoms. The molecule has 0 atom stereocenters. The molecular weight excluding hydrogens is 222 g/mol. The van der Waals surface area contributed by atoms with E-state index in [-0.39, 0.29) is 0 Å². The summed E-state index contributed by atoms with van der Waals surface area (Å²) in [6, 6.07) is 9.68. The fourth-order valence-corrected chi connectivity index (χ4v) is 3.02. The van der Waals surface area contributed by atoms with E-state index < -0.39 is 0 Å². The van der Waals surface area contributed by atoms with Gasteiger partial charge in [-0.05, 0) is 12.5 Å². The molecule has 2 aliphatic rings. The van der Waals surface area contributed by atoms with Gasteiger partial charge in [-0.15, -0.1) is 0 Å². The lowest BCUT2D eigenvalue weighted by Gasteiger charge is -2.47. The molecule has 18 heavy (non-hydrogen) atoms. The molecule has 1 aromatic rings. The molecule has 1 N–H and O–H groups in total. The van der Waals surface area contributed by atoms with E-state index in [0.717, 1.165) is 25.7 Å². The van der Waals surface area contributed by atoms with E-state index in [1.165, 1.54) is 37.3 Å². The van der Waals surface area contributed by atoms with Gasteiger partial charge in [0.2, 0.25) is 0 Å². The number of benzene rings is 1. The number of hydrogen-bond donors (Lipinski definition) is 1. The van der Waals surface area contributed by atoms with Gasteiger partial charge in [0, 0.05) is 51.9 Å². The van der Waals surface area contributed by atoms with Gasteiger partial charge >= 0.3 is 0 Å². The van der Waals surface area contributed by atoms with E-state index in [9.17, 15) is 0 Å². The normalized spacial score (nSPS) is 22.9. The van der Waals surface area contributed by atoms with Crippen molar-refractivity contribution in [1.29, 1.82) is 0 Å². The number of rotatable bonds is 3. The number of nitrogens with zero attached hydrogens (tertiary/aromatic N) is 2. The van der Waals surface area contributed by atoms with Crippen LogP contribution in [0.2, 0.25) is 0 Å². The number of nitrogens with one attached hydrogen (secondary N) is 1. The quantitative estimate of drug-likeness (QED) is 0.860. The average molecular weight is 245 g/mol. The van der Waals surface area contributed by atoms with Gasteiger partial charge in [-0.3, -0.25) is 9.80 Å². The summed E-state index contributed by atoms with van der Waals surface area (Å²) in [7, 11) is 0. The van der Waals surface area contributed by atoms with Crippen molar-refractivity contribution in [1.82, 2.24) is 15.1 Å². The molecule has 98 valence electrons. The highest BCUT2D eigenvalue weighted by atomic mass is 15.3. The van der Waals surface area contributed by atoms with Gasteiger partial charge in [0.05, 0.1) is 0 Å². The van der Waals surface area contributed by atoms with E-state index in [1.807, 2.05) is 0 Å². The molecule has 0 bridgehead atoms. The van der Waals surface area contributed by atoms with Crippen LogP contribution in [-0.4, -0.2) is 55.1 Å². The minimum Gasteiger partial charge on any atom is -0.314 e. The molecule has 2 heterocycles. The van der Waals surface area contributed by atoms with Gasteiger partial charge < -0.3 is 5.32 Å². The maximum absolute atomic E-state index is 3.42. The van der Waals surface area contributed by atoms with Crippen LogP contribution in [0.1, 0.15) is 11.1 Å². The second-order valence-electron chi connectivity index (χ2n) is 5.62. The molecule has 0 spiro atoms. The van der Waals surface area contributed by atoms with E-state index in [4.69, 9.17) is 0 Å². The Morgan fingerprint density at radius 1 is 1.22 bits per heavy atom. The fourth-order valence-electron chi connectivity index (χ4n) is 3.02. The first kappa shape index (κ1) is 12.2. The third kappa shape index (κ3) is 2.74. The van der Waals surface area contributed by atoms with Crippen LogP contribution in [0.5, 0.6) is 0 Å². The van der Waals surface area contributed by atoms with Gasteiger partial charge in [-0.1, -0.05) is 29.8 Å². The predicted molar refractivity (Wildman–Crippen MR) is 74.7 cm³/mol. The number of likely N-dealkylation sites (tertiary alicyclic amines) is 1. The van der Waals surface area contributed by atoms with Crippen LogP contribution in [0.15, 0.2) is 24.3 Å². The lowest BCUT2D eigenvalue weighted by Crippen LogP contribution is -2.62. The van der Waals surface area contributed by atoms with Gasteiger partial charge in [0.15, 0.2) is 0 Å². The van der Waals surface area contributed by atoms with E-state index in [1.54, 1.807) is 0 Å². The minimum absolute atomic E-state index is 0.803. The Morgan fingerprint density at radius 3 is 2.72 bits per heavy atom. The van der Waals surface area contributed by atoms with Crippen LogP contribution in [0, 0.1) is 6.92 Å². The summed E-state index contributed by atoms with van der Waals surface area (Å²) in [6.45, 7) is 10.5. The highest BCUT2D eigenvalue weighted by molar-refractivity contribution is 5.22. The fraction of sp³-hybridized carbons (Fsp3) is 0.600. The zero-order valence-electron chi connectivity index (χ0n) is 11.2. The van der Waals surface area contributed by atoms with Crippen molar-refractivity contribution in [2.24, 2.45) is 0 Å². The molecule has 0 radical (unpaired) electrons. The van der Waals surface area contributed by atoms with Crippen LogP contribution in [-0.2, 0) is 6.54 Å². The average Bonchev–Trinajstić information content (AvgIpc) is 2.34. The third-order valence-electron chi connectivity index (χ3n) is 4.09. The molecule has 0 amide bonds. The van der Waals surface area contributed by atoms with Crippen LogP contribution in [0.25, 0.3) is 0 Å². The molecule has 1 aromatic carbocycles. The highest BCUT2D eigenvalue weighted by Crippen LogP contribution is 2.18. The van der Waals surface area contributed by atoms with Crippen LogP contribution < -0.4 is 5.32 Å². The monoisotopic (exact) mass is 245 g/mol. The third-order valence-corrected chi connectivity index (χ3v) is 4.09. The number of aryl methyl sites for hydroxylation is 1. The van der Waals surface area contributed by atoms with Crippen LogP contribution in [0.3, 0.4) is 0 Å². The Labute approximate surface area is 110 Å². The van der Waals surface area contributed by atoms with Crippen molar-refractivity contribution in [2.45, 2.75) is 19.5 Å². The maximum Gasteiger partial charge on any atom is 0.0351 e. The lowest BCUT2D eigenvalue weighted by atomic mass is 10.0. The highest BCUT2D eigenvalue weighted by Gasteiger charge is 2.31. The van der Waals surface area contributed by atoms with Gasteiger partial charge in [0.1, 0.15) is 0 Å². The van der Waals surface area contributed by atoms with Crippen LogP contribution in [0.4, 0.5) is 0 Å². The Bertz CT molecular complexity index is 392. The second kappa shape index (κ2) is 5.39. The summed E-state index contributed by atoms with van der Waals surface area (Å²) >= 11 is 0. The zero-order valence-corrected chi connectivity index (χ0v) is 11.2. The van der Waals surface area contributed by atoms with E-state index in [2.05, 4.69) is 46.3 Å². The lowest BCUT2D eigenvalue weighted by molar-refractivity contribution is 0.0223. The standard InChI is InChI=1S/C15H23N3/c1-13-3-2-4-14(9-13)10-17-11-15(12-17)18-7-5-16-6-8-18/h2-4,9,15-16H,5-8,10-12H2,1H3. The Kier molecular flexibility index (Phi) is 3.64. The SMILES string of the molecule is Cc1cccc(CN2CC(N3CCNCC3)C2)c1. The zero-order chi connectivity index (χ0) is 12.4. The summed E-state index contributed by atoms with van der Waals surface area (Å²) in [5.74, 6) is 0. The summed E-state index contributed by atoms with van der Waals surface area (Å²) in [5.41, 5.74) is 2.82. The molecule has 0 aromatic heterocycles. The predicted octanol–water partition coefficient (Wildman–Crippen LogP) is 1.08. The summed E-state index contributed by atoms with van der Waals surface area (Å²) in [6.07, 6.45) is 0. The van der Waals surface area contributed by atoms with Crippen molar-refractivity contribution in [3.05, 3.63) is 35.4 Å². The first-order valence-electron chi connectivity index (χ1n) is 7.04. The smallest absolute Gasteiger partial charge is 0.0351 e. The molecule has 0 saturated carbocycles. The van der Waals surface area contributed by atoms with Crippen LogP contribution >= 0.6 is 0 Å². The first-order valence-corrected chi connectivity index (χ1v) is 7.04. The Balaban J connectivity index is 1.47. The molecule has 2 aliphatic heterocycles. The molecule has 2 saturated heterocycles. The topological polar surface area (TPSA) is 18.5 Å². The molecule has 3 rings (SSSR count). The Hall–Kier alpha value is -0.900. The molecule has 0 unspecified atom stereocenters. The first-order chi connectivity index (χ1) is 8.81. The van der Waals surface area contributed by atoms with Gasteiger partial charge in [-0.2, -0.15) is 0 Å². The van der Waals surface area contributed by atoms with Gasteiger partial charge in [-0.25, -0.2) is 0 Å². The largest absolute Gasteiger partial charge is 0.314 e. The summed E-state index contributed by atoms with van der Waals surface area (Å²) < 4.78 is 0. The molecule has 2 fully saturated rings. The van der Waals surface area contributed by atoms with Crippen molar-refractivity contribution in [2.75, 3.05) is 39.3 Å². The van der Waals surface area contributed by atoms with Crippen molar-refractivity contribution < 1.29 is 0 Å². The van der Waals surface area contributed by atoms with Crippen molar-refractivity contribution >= 4 is 0 Å². The molecule has 3 nitrogen and oxygen atoms in total. The van der Waals surface area contributed by atoms with E-state index >= 15 is 0 Å². The number of hydrogen-bond acceptors (Lipinski definition) is 3. The summed E-state index contributed by atoms with van der Waals surface area (Å²) in [5, 5.41) is 3.42. The van der Waals surface area contributed by atoms with Gasteiger partial charge in [0.25, 0.3) is 0 Å². The number of piperazine rings is 1. The second-order valence-corrected chi connectivity index (χ2v) is 5.62. The van der Waals surface area contributed by atoms with Crippen molar-refractivity contribution in [3.8, 4) is 0 Å². The Morgan fingerprint density at radius 2 is 2.00 bits per heavy atom. The maximum atomic E-state index is 3.42. The summed E-state index contributed by atoms with van der Waals surface area (Å²) in [4.78, 5) is 5.20. The van der Waals surface area contributed by atoms with E-state index in [0.29, 0.717) is 0 Å². The minimum atomic E-state index is 0.803. The van der Waals surface area contributed by atoms with Crippen molar-refractivity contribution in [3.63, 3.8) is 0 Å².